The van der Waals surface area contributed by atoms with Crippen molar-refractivity contribution in [1.29, 1.82) is 0 Å². The summed E-state index contributed by atoms with van der Waals surface area (Å²) in [5.41, 5.74) is 2.89. The Hall–Kier alpha value is -2.34. The molecule has 0 saturated carbocycles. The van der Waals surface area contributed by atoms with Crippen molar-refractivity contribution >= 4 is 21.6 Å². The lowest BCUT2D eigenvalue weighted by molar-refractivity contribution is 0.251. The molecule has 0 unspecified atom stereocenters. The smallest absolute Gasteiger partial charge is 0.322 e. The first-order chi connectivity index (χ1) is 11.0. The number of hydrogen-bond acceptors (Lipinski definition) is 3. The van der Waals surface area contributed by atoms with Crippen molar-refractivity contribution in [3.05, 3.63) is 54.6 Å². The number of nitrogens with zero attached hydrogens (tertiary/aromatic N) is 1. The minimum Gasteiger partial charge on any atom is -0.332 e. The van der Waals surface area contributed by atoms with Crippen LogP contribution in [0.5, 0.6) is 0 Å². The number of amides is 2. The van der Waals surface area contributed by atoms with Crippen molar-refractivity contribution in [2.45, 2.75) is 12.1 Å². The van der Waals surface area contributed by atoms with Gasteiger partial charge in [0.05, 0.1) is 23.6 Å². The van der Waals surface area contributed by atoms with Crippen molar-refractivity contribution in [2.75, 3.05) is 16.4 Å². The molecule has 2 heterocycles. The van der Waals surface area contributed by atoms with Gasteiger partial charge in [-0.05, 0) is 23.3 Å². The van der Waals surface area contributed by atoms with Crippen molar-refractivity contribution in [2.24, 2.45) is 0 Å². The van der Waals surface area contributed by atoms with E-state index < -0.39 is 9.84 Å². The molecule has 2 atom stereocenters. The van der Waals surface area contributed by atoms with Crippen molar-refractivity contribution in [3.63, 3.8) is 0 Å². The van der Waals surface area contributed by atoms with Crippen LogP contribution in [0.1, 0.15) is 0 Å². The summed E-state index contributed by atoms with van der Waals surface area (Å²) >= 11 is 0. The predicted octanol–water partition coefficient (Wildman–Crippen LogP) is 2.05. The zero-order chi connectivity index (χ0) is 16.0. The van der Waals surface area contributed by atoms with Gasteiger partial charge in [0.1, 0.15) is 0 Å². The van der Waals surface area contributed by atoms with Crippen LogP contribution in [-0.2, 0) is 9.84 Å². The number of carbonyl (C=O) groups excluding carboxylic acids is 1. The molecule has 5 nitrogen and oxygen atoms in total. The van der Waals surface area contributed by atoms with E-state index in [1.54, 1.807) is 4.90 Å². The lowest BCUT2D eigenvalue weighted by Gasteiger charge is -2.21. The maximum atomic E-state index is 12.2. The van der Waals surface area contributed by atoms with E-state index in [0.29, 0.717) is 0 Å². The number of anilines is 1. The lowest BCUT2D eigenvalue weighted by Crippen LogP contribution is -2.36. The zero-order valence-electron chi connectivity index (χ0n) is 12.3. The largest absolute Gasteiger partial charge is 0.332 e. The number of urea groups is 1. The Kier molecular flexibility index (Phi) is 3.16. The van der Waals surface area contributed by atoms with E-state index >= 15 is 0 Å². The predicted molar refractivity (Wildman–Crippen MR) is 89.1 cm³/mol. The molecular formula is C17H16N2O3S. The zero-order valence-corrected chi connectivity index (χ0v) is 13.2. The summed E-state index contributed by atoms with van der Waals surface area (Å²) in [6, 6.07) is 16.8. The summed E-state index contributed by atoms with van der Waals surface area (Å²) in [5, 5.41) is 2.77. The molecule has 2 amide bonds. The van der Waals surface area contributed by atoms with Crippen LogP contribution in [0.25, 0.3) is 11.1 Å². The number of benzene rings is 2. The number of sulfone groups is 1. The second kappa shape index (κ2) is 5.09. The molecule has 118 valence electrons. The molecule has 0 aliphatic carbocycles. The fraction of sp³-hybridized carbons (Fsp3) is 0.235. The highest BCUT2D eigenvalue weighted by Gasteiger charge is 2.49. The minimum absolute atomic E-state index is 0.0246. The van der Waals surface area contributed by atoms with E-state index in [0.717, 1.165) is 16.8 Å². The third kappa shape index (κ3) is 2.49. The second-order valence-corrected chi connectivity index (χ2v) is 8.14. The van der Waals surface area contributed by atoms with Gasteiger partial charge >= 0.3 is 6.03 Å². The Morgan fingerprint density at radius 3 is 2.26 bits per heavy atom. The van der Waals surface area contributed by atoms with Crippen LogP contribution in [0.4, 0.5) is 10.5 Å². The highest BCUT2D eigenvalue weighted by Crippen LogP contribution is 2.31. The molecule has 4 rings (SSSR count). The summed E-state index contributed by atoms with van der Waals surface area (Å²) in [4.78, 5) is 13.7. The lowest BCUT2D eigenvalue weighted by atomic mass is 10.0. The fourth-order valence-electron chi connectivity index (χ4n) is 3.35. The van der Waals surface area contributed by atoms with Gasteiger partial charge in [-0.25, -0.2) is 13.2 Å². The highest BCUT2D eigenvalue weighted by atomic mass is 32.2. The van der Waals surface area contributed by atoms with E-state index in [9.17, 15) is 13.2 Å². The second-order valence-electron chi connectivity index (χ2n) is 5.98. The molecule has 0 radical (unpaired) electrons. The van der Waals surface area contributed by atoms with Crippen LogP contribution in [0, 0.1) is 0 Å². The first kappa shape index (κ1) is 14.3. The minimum atomic E-state index is -3.08. The standard InChI is InChI=1S/C17H16N2O3S/c20-17-18-15-10-23(21,22)11-16(15)19(17)14-8-6-13(7-9-14)12-4-2-1-3-5-12/h1-9,15-16H,10-11H2,(H,18,20)/t15-,16-/m0/s1. The van der Waals surface area contributed by atoms with E-state index in [-0.39, 0.29) is 29.6 Å². The first-order valence-corrected chi connectivity index (χ1v) is 9.31. The van der Waals surface area contributed by atoms with Crippen LogP contribution in [0.3, 0.4) is 0 Å². The number of fused-ring (bicyclic) bond motifs is 1. The Labute approximate surface area is 134 Å². The van der Waals surface area contributed by atoms with Gasteiger partial charge in [-0.3, -0.25) is 4.90 Å². The third-order valence-corrected chi connectivity index (χ3v) is 6.15. The fourth-order valence-corrected chi connectivity index (χ4v) is 5.24. The van der Waals surface area contributed by atoms with Crippen LogP contribution >= 0.6 is 0 Å². The topological polar surface area (TPSA) is 66.5 Å². The van der Waals surface area contributed by atoms with Crippen molar-refractivity contribution < 1.29 is 13.2 Å². The van der Waals surface area contributed by atoms with E-state index in [1.807, 2.05) is 54.6 Å². The molecule has 0 spiro atoms. The Bertz CT molecular complexity index is 847. The van der Waals surface area contributed by atoms with Crippen LogP contribution < -0.4 is 10.2 Å². The molecule has 6 heteroatoms. The molecule has 0 aromatic heterocycles. The molecule has 2 fully saturated rings. The molecule has 23 heavy (non-hydrogen) atoms. The van der Waals surface area contributed by atoms with Crippen molar-refractivity contribution in [3.8, 4) is 11.1 Å². The van der Waals surface area contributed by atoms with E-state index in [1.165, 1.54) is 0 Å². The van der Waals surface area contributed by atoms with Crippen LogP contribution in [0.2, 0.25) is 0 Å². The van der Waals surface area contributed by atoms with Crippen molar-refractivity contribution in [1.82, 2.24) is 5.32 Å². The van der Waals surface area contributed by atoms with Gasteiger partial charge in [0, 0.05) is 5.69 Å². The SMILES string of the molecule is O=C1N[C@H]2CS(=O)(=O)C[C@@H]2N1c1ccc(-c2ccccc2)cc1. The number of hydrogen-bond donors (Lipinski definition) is 1. The molecule has 2 aromatic carbocycles. The normalized spacial score (nSPS) is 25.2. The van der Waals surface area contributed by atoms with E-state index in [2.05, 4.69) is 5.32 Å². The Morgan fingerprint density at radius 2 is 1.57 bits per heavy atom. The monoisotopic (exact) mass is 328 g/mol. The third-order valence-electron chi connectivity index (χ3n) is 4.43. The number of nitrogens with one attached hydrogen (secondary N) is 1. The van der Waals surface area contributed by atoms with Gasteiger partial charge in [0.15, 0.2) is 9.84 Å². The molecule has 2 aliphatic heterocycles. The molecule has 2 saturated heterocycles. The summed E-state index contributed by atoms with van der Waals surface area (Å²) in [7, 11) is -3.08. The highest BCUT2D eigenvalue weighted by molar-refractivity contribution is 7.91. The van der Waals surface area contributed by atoms with Gasteiger partial charge < -0.3 is 5.32 Å². The summed E-state index contributed by atoms with van der Waals surface area (Å²) in [5.74, 6) is 0.0544. The Morgan fingerprint density at radius 1 is 0.913 bits per heavy atom. The van der Waals surface area contributed by atoms with Gasteiger partial charge in [-0.1, -0.05) is 42.5 Å². The summed E-state index contributed by atoms with van der Waals surface area (Å²) in [6.07, 6.45) is 0. The van der Waals surface area contributed by atoms with Gasteiger partial charge in [0.25, 0.3) is 0 Å². The molecule has 1 N–H and O–H groups in total. The molecule has 0 bridgehead atoms. The Balaban J connectivity index is 1.64. The quantitative estimate of drug-likeness (QED) is 0.858. The van der Waals surface area contributed by atoms with E-state index in [4.69, 9.17) is 0 Å². The van der Waals surface area contributed by atoms with Gasteiger partial charge in [-0.2, -0.15) is 0 Å². The summed E-state index contributed by atoms with van der Waals surface area (Å²) in [6.45, 7) is 0. The molecule has 2 aromatic rings. The average Bonchev–Trinajstić information content (AvgIpc) is 2.98. The van der Waals surface area contributed by atoms with Crippen LogP contribution in [0.15, 0.2) is 54.6 Å². The van der Waals surface area contributed by atoms with Gasteiger partial charge in [0.2, 0.25) is 0 Å². The number of carbonyl (C=O) groups is 1. The average molecular weight is 328 g/mol. The first-order valence-electron chi connectivity index (χ1n) is 7.49. The van der Waals surface area contributed by atoms with Crippen LogP contribution in [-0.4, -0.2) is 38.0 Å². The number of rotatable bonds is 2. The molecule has 2 aliphatic rings. The van der Waals surface area contributed by atoms with Gasteiger partial charge in [-0.15, -0.1) is 0 Å². The maximum absolute atomic E-state index is 12.2. The summed E-state index contributed by atoms with van der Waals surface area (Å²) < 4.78 is 23.6. The maximum Gasteiger partial charge on any atom is 0.322 e. The molecular weight excluding hydrogens is 312 g/mol.